The largest absolute Gasteiger partial charge is 0.464 e. The summed E-state index contributed by atoms with van der Waals surface area (Å²) < 4.78 is 5.45. The van der Waals surface area contributed by atoms with Crippen molar-refractivity contribution in [1.29, 1.82) is 5.26 Å². The number of benzene rings is 1. The van der Waals surface area contributed by atoms with Crippen molar-refractivity contribution in [3.05, 3.63) is 53.5 Å². The summed E-state index contributed by atoms with van der Waals surface area (Å²) in [5.41, 5.74) is 1.18. The number of aryl methyl sites for hydroxylation is 1. The summed E-state index contributed by atoms with van der Waals surface area (Å²) in [6, 6.07) is 11.8. The van der Waals surface area contributed by atoms with Crippen molar-refractivity contribution in [2.75, 3.05) is 5.32 Å². The second-order valence-corrected chi connectivity index (χ2v) is 4.46. The molecule has 2 aromatic rings. The molecule has 0 saturated heterocycles. The molecule has 102 valence electrons. The minimum Gasteiger partial charge on any atom is -0.464 e. The van der Waals surface area contributed by atoms with Gasteiger partial charge in [-0.1, -0.05) is 0 Å². The van der Waals surface area contributed by atoms with Gasteiger partial charge in [0.2, 0.25) is 0 Å². The lowest BCUT2D eigenvalue weighted by Gasteiger charge is -2.12. The molecule has 2 amide bonds. The number of carbonyl (C=O) groups excluding carboxylic acids is 1. The van der Waals surface area contributed by atoms with Gasteiger partial charge in [0.1, 0.15) is 11.5 Å². The number of hydrogen-bond acceptors (Lipinski definition) is 3. The van der Waals surface area contributed by atoms with E-state index in [9.17, 15) is 4.79 Å². The molecule has 0 radical (unpaired) electrons. The molecule has 0 aliphatic rings. The first-order chi connectivity index (χ1) is 9.58. The van der Waals surface area contributed by atoms with Crippen LogP contribution in [0.4, 0.5) is 10.5 Å². The fourth-order valence-electron chi connectivity index (χ4n) is 1.75. The Morgan fingerprint density at radius 3 is 2.50 bits per heavy atom. The third-order valence-electron chi connectivity index (χ3n) is 2.81. The fraction of sp³-hybridized carbons (Fsp3) is 0.200. The average Bonchev–Trinajstić information content (AvgIpc) is 2.86. The lowest BCUT2D eigenvalue weighted by molar-refractivity contribution is 0.247. The number of rotatable bonds is 3. The summed E-state index contributed by atoms with van der Waals surface area (Å²) >= 11 is 0. The highest BCUT2D eigenvalue weighted by molar-refractivity contribution is 5.89. The van der Waals surface area contributed by atoms with Crippen LogP contribution in [-0.2, 0) is 0 Å². The van der Waals surface area contributed by atoms with Gasteiger partial charge in [0.05, 0.1) is 17.7 Å². The van der Waals surface area contributed by atoms with Crippen molar-refractivity contribution in [3.8, 4) is 6.07 Å². The van der Waals surface area contributed by atoms with E-state index in [0.717, 1.165) is 5.76 Å². The maximum Gasteiger partial charge on any atom is 0.319 e. The van der Waals surface area contributed by atoms with Crippen LogP contribution in [0, 0.1) is 18.3 Å². The Hall–Kier alpha value is -2.74. The first-order valence-electron chi connectivity index (χ1n) is 6.22. The highest BCUT2D eigenvalue weighted by Gasteiger charge is 2.12. The first-order valence-corrected chi connectivity index (χ1v) is 6.22. The van der Waals surface area contributed by atoms with Crippen LogP contribution >= 0.6 is 0 Å². The van der Waals surface area contributed by atoms with Gasteiger partial charge >= 0.3 is 6.03 Å². The van der Waals surface area contributed by atoms with E-state index in [2.05, 4.69) is 10.6 Å². The predicted molar refractivity (Wildman–Crippen MR) is 75.2 cm³/mol. The molecular formula is C15H15N3O2. The third-order valence-corrected chi connectivity index (χ3v) is 2.81. The van der Waals surface area contributed by atoms with E-state index in [4.69, 9.17) is 9.68 Å². The van der Waals surface area contributed by atoms with Gasteiger partial charge in [0.15, 0.2) is 0 Å². The van der Waals surface area contributed by atoms with Crippen molar-refractivity contribution < 1.29 is 9.21 Å². The van der Waals surface area contributed by atoms with Gasteiger partial charge in [0, 0.05) is 5.69 Å². The van der Waals surface area contributed by atoms with Crippen molar-refractivity contribution >= 4 is 11.7 Å². The molecule has 2 rings (SSSR count). The van der Waals surface area contributed by atoms with Crippen LogP contribution in [0.1, 0.15) is 30.0 Å². The standard InChI is InChI=1S/C15H15N3O2/c1-10-3-8-14(20-10)11(2)17-15(19)18-13-6-4-12(9-16)5-7-13/h3-8,11H,1-2H3,(H2,17,18,19). The second kappa shape index (κ2) is 5.93. The zero-order valence-electron chi connectivity index (χ0n) is 11.3. The Bertz CT molecular complexity index is 638. The molecule has 20 heavy (non-hydrogen) atoms. The lowest BCUT2D eigenvalue weighted by atomic mass is 10.2. The van der Waals surface area contributed by atoms with Gasteiger partial charge in [-0.2, -0.15) is 5.26 Å². The van der Waals surface area contributed by atoms with E-state index in [-0.39, 0.29) is 12.1 Å². The van der Waals surface area contributed by atoms with Gasteiger partial charge in [-0.25, -0.2) is 4.79 Å². The molecule has 0 spiro atoms. The lowest BCUT2D eigenvalue weighted by Crippen LogP contribution is -2.30. The summed E-state index contributed by atoms with van der Waals surface area (Å²) in [5, 5.41) is 14.2. The highest BCUT2D eigenvalue weighted by atomic mass is 16.3. The minimum absolute atomic E-state index is 0.220. The minimum atomic E-state index is -0.323. The van der Waals surface area contributed by atoms with E-state index >= 15 is 0 Å². The molecule has 5 nitrogen and oxygen atoms in total. The summed E-state index contributed by atoms with van der Waals surface area (Å²) in [5.74, 6) is 1.51. The summed E-state index contributed by atoms with van der Waals surface area (Å²) in [6.45, 7) is 3.70. The molecule has 1 aromatic heterocycles. The SMILES string of the molecule is Cc1ccc(C(C)NC(=O)Nc2ccc(C#N)cc2)o1. The Balaban J connectivity index is 1.93. The molecule has 1 heterocycles. The molecule has 0 fully saturated rings. The first kappa shape index (κ1) is 13.7. The van der Waals surface area contributed by atoms with Gasteiger partial charge in [-0.05, 0) is 50.2 Å². The number of urea groups is 1. The maximum absolute atomic E-state index is 11.8. The molecule has 1 atom stereocenters. The number of nitrogens with one attached hydrogen (secondary N) is 2. The Kier molecular flexibility index (Phi) is 4.06. The smallest absolute Gasteiger partial charge is 0.319 e. The number of amides is 2. The topological polar surface area (TPSA) is 78.1 Å². The van der Waals surface area contributed by atoms with Crippen molar-refractivity contribution in [2.24, 2.45) is 0 Å². The number of carbonyl (C=O) groups is 1. The molecule has 0 saturated carbocycles. The van der Waals surface area contributed by atoms with Crippen molar-refractivity contribution in [1.82, 2.24) is 5.32 Å². The number of anilines is 1. The van der Waals surface area contributed by atoms with Gasteiger partial charge in [-0.3, -0.25) is 0 Å². The van der Waals surface area contributed by atoms with Crippen molar-refractivity contribution in [3.63, 3.8) is 0 Å². The molecule has 1 unspecified atom stereocenters. The van der Waals surface area contributed by atoms with Crippen LogP contribution in [0.3, 0.4) is 0 Å². The molecule has 0 aliphatic heterocycles. The van der Waals surface area contributed by atoms with Crippen LogP contribution in [0.15, 0.2) is 40.8 Å². The van der Waals surface area contributed by atoms with E-state index in [0.29, 0.717) is 17.0 Å². The van der Waals surface area contributed by atoms with Crippen LogP contribution < -0.4 is 10.6 Å². The summed E-state index contributed by atoms with van der Waals surface area (Å²) in [7, 11) is 0. The average molecular weight is 269 g/mol. The number of hydrogen-bond donors (Lipinski definition) is 2. The molecular weight excluding hydrogens is 254 g/mol. The number of nitriles is 1. The normalized spacial score (nSPS) is 11.4. The molecule has 0 aliphatic carbocycles. The maximum atomic E-state index is 11.8. The molecule has 5 heteroatoms. The third kappa shape index (κ3) is 3.39. The van der Waals surface area contributed by atoms with Crippen molar-refractivity contribution in [2.45, 2.75) is 19.9 Å². The predicted octanol–water partition coefficient (Wildman–Crippen LogP) is 3.34. The highest BCUT2D eigenvalue weighted by Crippen LogP contribution is 2.16. The van der Waals surface area contributed by atoms with E-state index < -0.39 is 0 Å². The van der Waals surface area contributed by atoms with Crippen LogP contribution in [0.5, 0.6) is 0 Å². The Labute approximate surface area is 117 Å². The quantitative estimate of drug-likeness (QED) is 0.897. The van der Waals surface area contributed by atoms with E-state index in [1.54, 1.807) is 24.3 Å². The molecule has 1 aromatic carbocycles. The molecule has 0 bridgehead atoms. The van der Waals surface area contributed by atoms with Crippen LogP contribution in [-0.4, -0.2) is 6.03 Å². The van der Waals surface area contributed by atoms with Crippen LogP contribution in [0.2, 0.25) is 0 Å². The monoisotopic (exact) mass is 269 g/mol. The van der Waals surface area contributed by atoms with E-state index in [1.165, 1.54) is 0 Å². The van der Waals surface area contributed by atoms with Gasteiger partial charge in [-0.15, -0.1) is 0 Å². The number of nitrogens with zero attached hydrogens (tertiary/aromatic N) is 1. The second-order valence-electron chi connectivity index (χ2n) is 4.46. The van der Waals surface area contributed by atoms with Crippen LogP contribution in [0.25, 0.3) is 0 Å². The van der Waals surface area contributed by atoms with Gasteiger partial charge in [0.25, 0.3) is 0 Å². The summed E-state index contributed by atoms with van der Waals surface area (Å²) in [6.07, 6.45) is 0. The summed E-state index contributed by atoms with van der Waals surface area (Å²) in [4.78, 5) is 11.8. The zero-order chi connectivity index (χ0) is 14.5. The van der Waals surface area contributed by atoms with E-state index in [1.807, 2.05) is 32.0 Å². The Morgan fingerprint density at radius 2 is 1.95 bits per heavy atom. The zero-order valence-corrected chi connectivity index (χ0v) is 11.3. The number of furan rings is 1. The fourth-order valence-corrected chi connectivity index (χ4v) is 1.75. The van der Waals surface area contributed by atoms with Gasteiger partial charge < -0.3 is 15.1 Å². The molecule has 2 N–H and O–H groups in total. The Morgan fingerprint density at radius 1 is 1.25 bits per heavy atom.